The van der Waals surface area contributed by atoms with Crippen molar-refractivity contribution < 1.29 is 0 Å². The summed E-state index contributed by atoms with van der Waals surface area (Å²) in [6.45, 7) is 4.29. The molecule has 0 aliphatic rings. The van der Waals surface area contributed by atoms with E-state index in [1.54, 1.807) is 0 Å². The molecule has 0 heterocycles. The van der Waals surface area contributed by atoms with Gasteiger partial charge in [-0.3, -0.25) is 5.32 Å². The Morgan fingerprint density at radius 1 is 1.50 bits per heavy atom. The highest BCUT2D eigenvalue weighted by molar-refractivity contribution is 8.13. The Labute approximate surface area is 101 Å². The summed E-state index contributed by atoms with van der Waals surface area (Å²) in [5.41, 5.74) is 2.12. The smallest absolute Gasteiger partial charge is 0.183 e. The Balaban J connectivity index is 2.96. The van der Waals surface area contributed by atoms with Gasteiger partial charge in [0, 0.05) is 0 Å². The summed E-state index contributed by atoms with van der Waals surface area (Å²) in [7, 11) is 0. The summed E-state index contributed by atoms with van der Waals surface area (Å²) in [6.07, 6.45) is 3.76. The molecule has 0 aromatic heterocycles. The fourth-order valence-electron chi connectivity index (χ4n) is 1.24. The third-order valence-corrected chi connectivity index (χ3v) is 2.70. The van der Waals surface area contributed by atoms with E-state index in [1.165, 1.54) is 17.3 Å². The third kappa shape index (κ3) is 3.59. The van der Waals surface area contributed by atoms with Crippen molar-refractivity contribution in [1.29, 1.82) is 5.26 Å². The van der Waals surface area contributed by atoms with Crippen LogP contribution in [0.4, 0.5) is 5.69 Å². The van der Waals surface area contributed by atoms with Gasteiger partial charge in [-0.05, 0) is 29.9 Å². The fraction of sp³-hybridized carbons (Fsp3) is 0.333. The average molecular weight is 233 g/mol. The van der Waals surface area contributed by atoms with E-state index in [1.807, 2.05) is 30.6 Å². The summed E-state index contributed by atoms with van der Waals surface area (Å²) in [5.74, 6) is 0.483. The Bertz CT molecular complexity index is 419. The Kier molecular flexibility index (Phi) is 4.87. The number of aliphatic imine (C=N–C) groups is 1. The van der Waals surface area contributed by atoms with Crippen molar-refractivity contribution in [3.63, 3.8) is 0 Å². The van der Waals surface area contributed by atoms with Gasteiger partial charge in [0.05, 0.1) is 5.69 Å². The molecule has 0 aliphatic carbocycles. The monoisotopic (exact) mass is 233 g/mol. The van der Waals surface area contributed by atoms with Crippen LogP contribution >= 0.6 is 11.8 Å². The summed E-state index contributed by atoms with van der Waals surface area (Å²) in [4.78, 5) is 4.36. The summed E-state index contributed by atoms with van der Waals surface area (Å²) in [6, 6.07) is 8.04. The molecule has 0 spiro atoms. The number of benzene rings is 1. The number of nitrogens with one attached hydrogen (secondary N) is 1. The van der Waals surface area contributed by atoms with Gasteiger partial charge in [0.1, 0.15) is 0 Å². The Hall–Kier alpha value is -1.47. The second kappa shape index (κ2) is 6.19. The van der Waals surface area contributed by atoms with Gasteiger partial charge in [-0.1, -0.05) is 37.7 Å². The number of nitrogens with zero attached hydrogens (tertiary/aromatic N) is 2. The van der Waals surface area contributed by atoms with E-state index in [-0.39, 0.29) is 0 Å². The predicted octanol–water partition coefficient (Wildman–Crippen LogP) is 3.23. The van der Waals surface area contributed by atoms with Gasteiger partial charge in [0.2, 0.25) is 0 Å². The highest BCUT2D eigenvalue weighted by Gasteiger charge is 2.01. The summed E-state index contributed by atoms with van der Waals surface area (Å²) in [5, 5.41) is 11.7. The van der Waals surface area contributed by atoms with Gasteiger partial charge in [0.25, 0.3) is 0 Å². The molecule has 1 aromatic rings. The minimum Gasteiger partial charge on any atom is -0.271 e. The molecule has 0 radical (unpaired) electrons. The molecule has 0 unspecified atom stereocenters. The standard InChI is InChI=1S/C12H15N3S/c1-9(2)10-5-4-6-11(7-10)15-12(16-3)14-8-13/h4-7,9H,1-3H3,(H,14,15). The number of hydrogen-bond acceptors (Lipinski definition) is 3. The molecule has 84 valence electrons. The lowest BCUT2D eigenvalue weighted by atomic mass is 10.0. The lowest BCUT2D eigenvalue weighted by Gasteiger charge is -2.06. The molecule has 0 amide bonds. The van der Waals surface area contributed by atoms with E-state index in [9.17, 15) is 0 Å². The number of hydrogen-bond donors (Lipinski definition) is 1. The van der Waals surface area contributed by atoms with Crippen molar-refractivity contribution in [3.05, 3.63) is 29.8 Å². The van der Waals surface area contributed by atoms with Crippen LogP contribution in [-0.2, 0) is 0 Å². The van der Waals surface area contributed by atoms with Crippen molar-refractivity contribution in [2.24, 2.45) is 4.99 Å². The number of rotatable bonds is 2. The quantitative estimate of drug-likeness (QED) is 0.369. The van der Waals surface area contributed by atoms with E-state index >= 15 is 0 Å². The molecular formula is C12H15N3S. The van der Waals surface area contributed by atoms with E-state index in [4.69, 9.17) is 5.26 Å². The second-order valence-corrected chi connectivity index (χ2v) is 4.40. The minimum absolute atomic E-state index is 0.483. The fourth-order valence-corrected chi connectivity index (χ4v) is 1.59. The minimum atomic E-state index is 0.483. The first-order valence-corrected chi connectivity index (χ1v) is 6.27. The van der Waals surface area contributed by atoms with Gasteiger partial charge in [-0.15, -0.1) is 0 Å². The molecule has 1 rings (SSSR count). The van der Waals surface area contributed by atoms with Crippen molar-refractivity contribution in [3.8, 4) is 6.19 Å². The summed E-state index contributed by atoms with van der Waals surface area (Å²) < 4.78 is 0. The van der Waals surface area contributed by atoms with Crippen LogP contribution < -0.4 is 5.32 Å². The number of nitriles is 1. The molecule has 0 aliphatic heterocycles. The second-order valence-electron chi connectivity index (χ2n) is 3.61. The molecule has 1 aromatic carbocycles. The van der Waals surface area contributed by atoms with Crippen molar-refractivity contribution >= 4 is 22.6 Å². The van der Waals surface area contributed by atoms with Gasteiger partial charge in [0.15, 0.2) is 11.4 Å². The highest BCUT2D eigenvalue weighted by atomic mass is 32.2. The van der Waals surface area contributed by atoms with Gasteiger partial charge >= 0.3 is 0 Å². The van der Waals surface area contributed by atoms with Gasteiger partial charge in [-0.25, -0.2) is 4.99 Å². The zero-order valence-electron chi connectivity index (χ0n) is 9.69. The topological polar surface area (TPSA) is 48.2 Å². The van der Waals surface area contributed by atoms with Crippen LogP contribution in [0.2, 0.25) is 0 Å². The van der Waals surface area contributed by atoms with E-state index in [0.29, 0.717) is 11.1 Å². The van der Waals surface area contributed by atoms with Gasteiger partial charge in [-0.2, -0.15) is 5.26 Å². The molecule has 0 fully saturated rings. The van der Waals surface area contributed by atoms with Crippen LogP contribution in [0, 0.1) is 11.5 Å². The normalized spacial score (nSPS) is 11.3. The van der Waals surface area contributed by atoms with Crippen molar-refractivity contribution in [2.75, 3.05) is 6.26 Å². The van der Waals surface area contributed by atoms with Crippen LogP contribution in [-0.4, -0.2) is 11.4 Å². The van der Waals surface area contributed by atoms with Crippen LogP contribution in [0.1, 0.15) is 25.3 Å². The molecule has 0 saturated carbocycles. The van der Waals surface area contributed by atoms with E-state index in [0.717, 1.165) is 5.69 Å². The maximum absolute atomic E-state index is 8.53. The SMILES string of the molecule is CSC(=Nc1cccc(C(C)C)c1)NC#N. The molecule has 1 N–H and O–H groups in total. The maximum Gasteiger partial charge on any atom is 0.183 e. The molecule has 16 heavy (non-hydrogen) atoms. The number of thioether (sulfide) groups is 1. The van der Waals surface area contributed by atoms with Gasteiger partial charge < -0.3 is 0 Å². The van der Waals surface area contributed by atoms with Crippen molar-refractivity contribution in [1.82, 2.24) is 5.32 Å². The molecule has 0 atom stereocenters. The average Bonchev–Trinajstić information content (AvgIpc) is 2.29. The predicted molar refractivity (Wildman–Crippen MR) is 69.9 cm³/mol. The van der Waals surface area contributed by atoms with Crippen LogP contribution in [0.25, 0.3) is 0 Å². The van der Waals surface area contributed by atoms with E-state index < -0.39 is 0 Å². The largest absolute Gasteiger partial charge is 0.271 e. The number of amidine groups is 1. The Morgan fingerprint density at radius 3 is 2.81 bits per heavy atom. The molecular weight excluding hydrogens is 218 g/mol. The molecule has 0 bridgehead atoms. The van der Waals surface area contributed by atoms with Crippen LogP contribution in [0.5, 0.6) is 0 Å². The zero-order valence-corrected chi connectivity index (χ0v) is 10.5. The highest BCUT2D eigenvalue weighted by Crippen LogP contribution is 2.21. The van der Waals surface area contributed by atoms with Crippen LogP contribution in [0.15, 0.2) is 29.3 Å². The Morgan fingerprint density at radius 2 is 2.25 bits per heavy atom. The zero-order chi connectivity index (χ0) is 12.0. The molecule has 3 nitrogen and oxygen atoms in total. The van der Waals surface area contributed by atoms with Crippen LogP contribution in [0.3, 0.4) is 0 Å². The molecule has 0 saturated heterocycles. The first-order valence-electron chi connectivity index (χ1n) is 5.05. The first-order chi connectivity index (χ1) is 7.67. The summed E-state index contributed by atoms with van der Waals surface area (Å²) >= 11 is 1.42. The lowest BCUT2D eigenvalue weighted by molar-refractivity contribution is 0.867. The third-order valence-electron chi connectivity index (χ3n) is 2.12. The lowest BCUT2D eigenvalue weighted by Crippen LogP contribution is -2.12. The van der Waals surface area contributed by atoms with E-state index in [2.05, 4.69) is 30.2 Å². The van der Waals surface area contributed by atoms with Crippen molar-refractivity contribution in [2.45, 2.75) is 19.8 Å². The maximum atomic E-state index is 8.53. The first kappa shape index (κ1) is 12.6. The molecule has 4 heteroatoms.